The van der Waals surface area contributed by atoms with Crippen LogP contribution in [0.15, 0.2) is 47.6 Å². The lowest BCUT2D eigenvalue weighted by Crippen LogP contribution is -2.31. The minimum Gasteiger partial charge on any atom is -0.329 e. The summed E-state index contributed by atoms with van der Waals surface area (Å²) in [6.45, 7) is -2.64. The molecule has 6 rings (SSSR count). The van der Waals surface area contributed by atoms with E-state index in [1.807, 2.05) is 0 Å². The topological polar surface area (TPSA) is 95.6 Å². The molecule has 5 aromatic rings. The Morgan fingerprint density at radius 3 is 2.54 bits per heavy atom. The van der Waals surface area contributed by atoms with Crippen molar-refractivity contribution < 1.29 is 30.1 Å². The molecular weight excluding hydrogens is 560 g/mol. The molecule has 4 heterocycles. The Bertz CT molecular complexity index is 2030. The van der Waals surface area contributed by atoms with Crippen LogP contribution in [0, 0.1) is 24.4 Å². The summed E-state index contributed by atoms with van der Waals surface area (Å²) in [4.78, 5) is 8.40. The number of pyridine rings is 2. The summed E-state index contributed by atoms with van der Waals surface area (Å²) in [6.07, 6.45) is 2.62. The second kappa shape index (κ2) is 9.61. The fraction of sp³-hybridized carbons (Fsp3) is 0.357. The normalized spacial score (nSPS) is 18.3. The maximum atomic E-state index is 15.9. The van der Waals surface area contributed by atoms with E-state index in [1.165, 1.54) is 53.0 Å². The zero-order valence-corrected chi connectivity index (χ0v) is 22.8. The lowest BCUT2D eigenvalue weighted by atomic mass is 9.80. The highest BCUT2D eigenvalue weighted by Gasteiger charge is 2.41. The Kier molecular flexibility index (Phi) is 5.58. The van der Waals surface area contributed by atoms with Gasteiger partial charge in [0.25, 0.3) is 0 Å². The summed E-state index contributed by atoms with van der Waals surface area (Å²) in [5.74, 6) is -5.16. The van der Waals surface area contributed by atoms with Crippen LogP contribution in [-0.2, 0) is 16.9 Å². The number of sulfone groups is 1. The van der Waals surface area contributed by atoms with Crippen molar-refractivity contribution in [2.45, 2.75) is 49.4 Å². The molecule has 0 amide bonds. The Morgan fingerprint density at radius 1 is 1.10 bits per heavy atom. The number of fused-ring (bicyclic) bond motifs is 3. The van der Waals surface area contributed by atoms with E-state index in [0.29, 0.717) is 0 Å². The number of hydrogen-bond donors (Lipinski definition) is 0. The van der Waals surface area contributed by atoms with Crippen molar-refractivity contribution >= 4 is 31.8 Å². The Hall–Kier alpha value is -3.87. The van der Waals surface area contributed by atoms with Crippen LogP contribution < -0.4 is 0 Å². The molecule has 0 N–H and O–H groups in total. The van der Waals surface area contributed by atoms with Gasteiger partial charge in [0, 0.05) is 48.2 Å². The van der Waals surface area contributed by atoms with E-state index in [9.17, 15) is 17.2 Å². The van der Waals surface area contributed by atoms with Gasteiger partial charge in [-0.2, -0.15) is 0 Å². The molecule has 0 radical (unpaired) electrons. The number of aryl methyl sites for hydroxylation is 2. The second-order valence-corrected chi connectivity index (χ2v) is 12.5. The number of benzene rings is 1. The van der Waals surface area contributed by atoms with Gasteiger partial charge in [-0.1, -0.05) is 5.21 Å². The highest BCUT2D eigenvalue weighted by molar-refractivity contribution is 7.90. The van der Waals surface area contributed by atoms with E-state index in [1.54, 1.807) is 0 Å². The first-order valence-corrected chi connectivity index (χ1v) is 14.7. The van der Waals surface area contributed by atoms with Crippen molar-refractivity contribution in [2.24, 2.45) is 13.0 Å². The minimum atomic E-state index is -3.93. The number of halogens is 4. The van der Waals surface area contributed by atoms with Crippen LogP contribution in [0.3, 0.4) is 0 Å². The van der Waals surface area contributed by atoms with Crippen molar-refractivity contribution in [1.29, 1.82) is 0 Å². The molecule has 1 aromatic carbocycles. The number of alkyl halides is 2. The molecule has 1 unspecified atom stereocenters. The summed E-state index contributed by atoms with van der Waals surface area (Å²) in [5.41, 5.74) is 0.238. The van der Waals surface area contributed by atoms with Crippen molar-refractivity contribution in [2.75, 3.05) is 6.26 Å². The predicted octanol–water partition coefficient (Wildman–Crippen LogP) is 5.79. The predicted molar refractivity (Wildman–Crippen MR) is 144 cm³/mol. The van der Waals surface area contributed by atoms with Gasteiger partial charge in [0.05, 0.1) is 50.0 Å². The highest BCUT2D eigenvalue weighted by atomic mass is 32.2. The molecule has 41 heavy (non-hydrogen) atoms. The van der Waals surface area contributed by atoms with Crippen LogP contribution in [0.2, 0.25) is 0 Å². The molecule has 1 aliphatic rings. The number of aromatic nitrogens is 6. The minimum absolute atomic E-state index is 0.0228. The van der Waals surface area contributed by atoms with E-state index in [-0.39, 0.29) is 62.3 Å². The third kappa shape index (κ3) is 4.65. The second-order valence-electron chi connectivity index (χ2n) is 10.5. The maximum absolute atomic E-state index is 15.9. The Labute approximate surface area is 237 Å². The fourth-order valence-electron chi connectivity index (χ4n) is 5.83. The molecule has 1 fully saturated rings. The summed E-state index contributed by atoms with van der Waals surface area (Å²) in [5, 5.41) is 7.59. The van der Waals surface area contributed by atoms with E-state index in [2.05, 4.69) is 20.3 Å². The molecule has 8 nitrogen and oxygen atoms in total. The highest BCUT2D eigenvalue weighted by Crippen LogP contribution is 2.46. The molecule has 1 atom stereocenters. The molecule has 214 valence electrons. The van der Waals surface area contributed by atoms with Gasteiger partial charge >= 0.3 is 0 Å². The summed E-state index contributed by atoms with van der Waals surface area (Å²) < 4.78 is 112. The van der Waals surface area contributed by atoms with Crippen LogP contribution in [0.25, 0.3) is 33.2 Å². The van der Waals surface area contributed by atoms with Gasteiger partial charge in [-0.15, -0.1) is 5.10 Å². The third-order valence-corrected chi connectivity index (χ3v) is 8.84. The molecule has 0 saturated heterocycles. The zero-order chi connectivity index (χ0) is 31.8. The molecular formula is C28H26F4N6O2S. The van der Waals surface area contributed by atoms with Crippen LogP contribution >= 0.6 is 0 Å². The van der Waals surface area contributed by atoms with Crippen LogP contribution in [0.1, 0.15) is 47.2 Å². The molecule has 1 aliphatic carbocycles. The zero-order valence-electron chi connectivity index (χ0n) is 24.9. The van der Waals surface area contributed by atoms with Crippen LogP contribution in [0.5, 0.6) is 0 Å². The smallest absolute Gasteiger partial charge is 0.248 e. The quantitative estimate of drug-likeness (QED) is 0.241. The first kappa shape index (κ1) is 23.8. The van der Waals surface area contributed by atoms with E-state index in [4.69, 9.17) is 4.11 Å². The Balaban J connectivity index is 1.73. The van der Waals surface area contributed by atoms with Gasteiger partial charge < -0.3 is 4.57 Å². The number of rotatable bonds is 5. The maximum Gasteiger partial charge on any atom is 0.248 e. The standard InChI is InChI=1S/C28H26F4N6O2S/c1-15-26(37(2)36-35-15)17-11-22-25(34-14-17)23-20(30)12-18(41(3,39)40)13-21(23)38(22)27(24-19(29)5-4-10-33-24)16-6-8-28(31,32)9-7-16/h4-5,10-14,16,27H,6-9H2,1-3H3/i1D3. The molecule has 4 aromatic heterocycles. The largest absolute Gasteiger partial charge is 0.329 e. The molecule has 1 saturated carbocycles. The summed E-state index contributed by atoms with van der Waals surface area (Å²) in [6, 6.07) is 5.11. The van der Waals surface area contributed by atoms with Crippen molar-refractivity contribution in [3.05, 3.63) is 65.7 Å². The van der Waals surface area contributed by atoms with Crippen molar-refractivity contribution in [3.8, 4) is 11.3 Å². The van der Waals surface area contributed by atoms with Crippen LogP contribution in [-0.4, -0.2) is 50.1 Å². The monoisotopic (exact) mass is 589 g/mol. The van der Waals surface area contributed by atoms with Crippen molar-refractivity contribution in [1.82, 2.24) is 29.5 Å². The van der Waals surface area contributed by atoms with E-state index < -0.39 is 59.0 Å². The molecule has 0 spiro atoms. The molecule has 0 bridgehead atoms. The van der Waals surface area contributed by atoms with Gasteiger partial charge in [-0.3, -0.25) is 9.97 Å². The van der Waals surface area contributed by atoms with Gasteiger partial charge in [0.15, 0.2) is 9.84 Å². The van der Waals surface area contributed by atoms with Crippen molar-refractivity contribution in [3.63, 3.8) is 0 Å². The Morgan fingerprint density at radius 2 is 1.85 bits per heavy atom. The molecule has 0 aliphatic heterocycles. The number of nitrogens with zero attached hydrogens (tertiary/aromatic N) is 6. The third-order valence-electron chi connectivity index (χ3n) is 7.75. The lowest BCUT2D eigenvalue weighted by Gasteiger charge is -2.35. The first-order valence-electron chi connectivity index (χ1n) is 14.3. The SMILES string of the molecule is [2H]C([2H])([2H])c1nnn(C)c1-c1cnc2c3c(F)cc(S(C)(=O)=O)cc3n(C(c3ncccc3F)C3CCC(F)(F)CC3)c2c1. The van der Waals surface area contributed by atoms with Gasteiger partial charge in [-0.05, 0) is 55.9 Å². The van der Waals surface area contributed by atoms with E-state index in [0.717, 1.165) is 12.3 Å². The van der Waals surface area contributed by atoms with Gasteiger partial charge in [0.2, 0.25) is 5.92 Å². The lowest BCUT2D eigenvalue weighted by molar-refractivity contribution is -0.0495. The number of hydrogen-bond acceptors (Lipinski definition) is 6. The summed E-state index contributed by atoms with van der Waals surface area (Å²) in [7, 11) is -2.44. The summed E-state index contributed by atoms with van der Waals surface area (Å²) >= 11 is 0. The average Bonchev–Trinajstić information content (AvgIpc) is 3.48. The molecule has 13 heteroatoms. The van der Waals surface area contributed by atoms with Crippen LogP contribution in [0.4, 0.5) is 17.6 Å². The van der Waals surface area contributed by atoms with Gasteiger partial charge in [0.1, 0.15) is 11.6 Å². The fourth-order valence-corrected chi connectivity index (χ4v) is 6.47. The van der Waals surface area contributed by atoms with E-state index >= 15 is 8.78 Å². The average molecular weight is 590 g/mol. The first-order chi connectivity index (χ1) is 20.6. The van der Waals surface area contributed by atoms with Gasteiger partial charge in [-0.25, -0.2) is 30.7 Å².